The van der Waals surface area contributed by atoms with Gasteiger partial charge in [-0.05, 0) is 31.7 Å². The van der Waals surface area contributed by atoms with E-state index in [4.69, 9.17) is 0 Å². The molecule has 0 amide bonds. The summed E-state index contributed by atoms with van der Waals surface area (Å²) in [6.07, 6.45) is 0. The molecule has 1 aromatic heterocycles. The second kappa shape index (κ2) is 4.60. The first kappa shape index (κ1) is 10.4. The predicted octanol–water partition coefficient (Wildman–Crippen LogP) is 3.70. The van der Waals surface area contributed by atoms with Crippen molar-refractivity contribution in [2.24, 2.45) is 0 Å². The van der Waals surface area contributed by atoms with Gasteiger partial charge in [-0.3, -0.25) is 0 Å². The lowest BCUT2D eigenvalue weighted by atomic mass is 10.2. The van der Waals surface area contributed by atoms with Gasteiger partial charge in [0.15, 0.2) is 0 Å². The van der Waals surface area contributed by atoms with Gasteiger partial charge in [0, 0.05) is 15.8 Å². The molecule has 0 radical (unpaired) electrons. The zero-order valence-electron chi connectivity index (χ0n) is 9.03. The highest BCUT2D eigenvalue weighted by Gasteiger charge is 2.06. The lowest BCUT2D eigenvalue weighted by molar-refractivity contribution is 0.664. The van der Waals surface area contributed by atoms with E-state index in [1.165, 1.54) is 15.3 Å². The first-order chi connectivity index (χ1) is 7.31. The quantitative estimate of drug-likeness (QED) is 0.826. The third kappa shape index (κ3) is 2.28. The fraction of sp³-hybridized carbons (Fsp3) is 0.231. The van der Waals surface area contributed by atoms with E-state index < -0.39 is 0 Å². The molecule has 0 aliphatic carbocycles. The van der Waals surface area contributed by atoms with E-state index in [9.17, 15) is 0 Å². The van der Waals surface area contributed by atoms with Crippen LogP contribution in [0.25, 0.3) is 10.4 Å². The van der Waals surface area contributed by atoms with Crippen molar-refractivity contribution in [2.45, 2.75) is 13.0 Å². The van der Waals surface area contributed by atoms with Crippen molar-refractivity contribution in [2.75, 3.05) is 7.05 Å². The number of benzene rings is 1. The molecule has 0 fully saturated rings. The maximum absolute atomic E-state index is 3.26. The van der Waals surface area contributed by atoms with Crippen LogP contribution in [0.4, 0.5) is 0 Å². The topological polar surface area (TPSA) is 12.0 Å². The largest absolute Gasteiger partial charge is 0.313 e. The number of thiophene rings is 1. The molecule has 78 valence electrons. The monoisotopic (exact) mass is 217 g/mol. The van der Waals surface area contributed by atoms with Gasteiger partial charge in [0.1, 0.15) is 0 Å². The maximum atomic E-state index is 3.26. The highest BCUT2D eigenvalue weighted by Crippen LogP contribution is 2.30. The van der Waals surface area contributed by atoms with Gasteiger partial charge in [0.05, 0.1) is 0 Å². The average molecular weight is 217 g/mol. The molecule has 1 nitrogen and oxygen atoms in total. The minimum Gasteiger partial charge on any atom is -0.313 e. The molecule has 0 aliphatic rings. The van der Waals surface area contributed by atoms with Crippen LogP contribution < -0.4 is 5.32 Å². The highest BCUT2D eigenvalue weighted by atomic mass is 32.1. The Balaban J connectivity index is 2.28. The Morgan fingerprint density at radius 3 is 2.47 bits per heavy atom. The minimum atomic E-state index is 0.437. The Labute approximate surface area is 94.8 Å². The summed E-state index contributed by atoms with van der Waals surface area (Å²) >= 11 is 1.86. The van der Waals surface area contributed by atoms with Crippen molar-refractivity contribution in [1.82, 2.24) is 5.32 Å². The molecule has 0 spiro atoms. The van der Waals surface area contributed by atoms with Crippen molar-refractivity contribution < 1.29 is 0 Å². The van der Waals surface area contributed by atoms with E-state index in [0.717, 1.165) is 0 Å². The molecule has 0 saturated carbocycles. The lowest BCUT2D eigenvalue weighted by Crippen LogP contribution is -2.10. The van der Waals surface area contributed by atoms with Crippen LogP contribution in [0.5, 0.6) is 0 Å². The molecular formula is C13H15NS. The van der Waals surface area contributed by atoms with Crippen LogP contribution in [0.3, 0.4) is 0 Å². The van der Waals surface area contributed by atoms with Crippen LogP contribution in [0.15, 0.2) is 42.5 Å². The average Bonchev–Trinajstić information content (AvgIpc) is 2.78. The smallest absolute Gasteiger partial charge is 0.0383 e. The van der Waals surface area contributed by atoms with Crippen molar-refractivity contribution >= 4 is 11.3 Å². The van der Waals surface area contributed by atoms with Gasteiger partial charge < -0.3 is 5.32 Å². The lowest BCUT2D eigenvalue weighted by Gasteiger charge is -2.05. The second-order valence-electron chi connectivity index (χ2n) is 3.58. The van der Waals surface area contributed by atoms with Gasteiger partial charge in [-0.15, -0.1) is 11.3 Å². The molecule has 2 heteroatoms. The molecule has 0 bridgehead atoms. The molecule has 0 aliphatic heterocycles. The standard InChI is InChI=1S/C13H15NS/c1-10(14-2)12-8-9-13(15-12)11-6-4-3-5-7-11/h3-10,14H,1-2H3. The number of rotatable bonds is 3. The molecule has 1 atom stereocenters. The summed E-state index contributed by atoms with van der Waals surface area (Å²) in [6.45, 7) is 2.18. The molecule has 1 aromatic carbocycles. The van der Waals surface area contributed by atoms with E-state index in [1.54, 1.807) is 0 Å². The summed E-state index contributed by atoms with van der Waals surface area (Å²) in [4.78, 5) is 2.73. The van der Waals surface area contributed by atoms with Gasteiger partial charge >= 0.3 is 0 Å². The Morgan fingerprint density at radius 1 is 1.07 bits per heavy atom. The number of nitrogens with one attached hydrogen (secondary N) is 1. The Hall–Kier alpha value is -1.12. The van der Waals surface area contributed by atoms with E-state index >= 15 is 0 Å². The summed E-state index contributed by atoms with van der Waals surface area (Å²) in [7, 11) is 1.99. The van der Waals surface area contributed by atoms with Crippen LogP contribution >= 0.6 is 11.3 Å². The van der Waals surface area contributed by atoms with E-state index in [1.807, 2.05) is 24.5 Å². The fourth-order valence-electron chi connectivity index (χ4n) is 1.49. The predicted molar refractivity (Wildman–Crippen MR) is 67.2 cm³/mol. The molecule has 0 saturated heterocycles. The van der Waals surface area contributed by atoms with Crippen molar-refractivity contribution in [3.05, 3.63) is 47.3 Å². The molecular weight excluding hydrogens is 202 g/mol. The first-order valence-corrected chi connectivity index (χ1v) is 5.95. The van der Waals surface area contributed by atoms with Crippen LogP contribution in [-0.4, -0.2) is 7.05 Å². The van der Waals surface area contributed by atoms with E-state index in [0.29, 0.717) is 6.04 Å². The summed E-state index contributed by atoms with van der Waals surface area (Å²) in [5.41, 5.74) is 1.30. The van der Waals surface area contributed by atoms with Gasteiger partial charge in [-0.25, -0.2) is 0 Å². The van der Waals surface area contributed by atoms with Crippen LogP contribution in [0.1, 0.15) is 17.8 Å². The Morgan fingerprint density at radius 2 is 1.80 bits per heavy atom. The van der Waals surface area contributed by atoms with Crippen LogP contribution in [0, 0.1) is 0 Å². The van der Waals surface area contributed by atoms with Gasteiger partial charge in [-0.1, -0.05) is 30.3 Å². The zero-order chi connectivity index (χ0) is 10.7. The molecule has 1 heterocycles. The molecule has 1 unspecified atom stereocenters. The summed E-state index contributed by atoms with van der Waals surface area (Å²) in [5.74, 6) is 0. The maximum Gasteiger partial charge on any atom is 0.0383 e. The Bertz CT molecular complexity index is 419. The molecule has 15 heavy (non-hydrogen) atoms. The van der Waals surface area contributed by atoms with Crippen molar-refractivity contribution in [3.63, 3.8) is 0 Å². The second-order valence-corrected chi connectivity index (χ2v) is 4.69. The van der Waals surface area contributed by atoms with Crippen LogP contribution in [-0.2, 0) is 0 Å². The van der Waals surface area contributed by atoms with E-state index in [-0.39, 0.29) is 0 Å². The Kier molecular flexibility index (Phi) is 3.19. The van der Waals surface area contributed by atoms with Crippen molar-refractivity contribution in [3.8, 4) is 10.4 Å². The summed E-state index contributed by atoms with van der Waals surface area (Å²) in [5, 5.41) is 3.26. The number of hydrogen-bond acceptors (Lipinski definition) is 2. The van der Waals surface area contributed by atoms with Gasteiger partial charge in [0.25, 0.3) is 0 Å². The summed E-state index contributed by atoms with van der Waals surface area (Å²) in [6, 6.07) is 15.4. The fourth-order valence-corrected chi connectivity index (χ4v) is 2.56. The number of hydrogen-bond donors (Lipinski definition) is 1. The SMILES string of the molecule is CNC(C)c1ccc(-c2ccccc2)s1. The molecule has 1 N–H and O–H groups in total. The first-order valence-electron chi connectivity index (χ1n) is 5.13. The third-order valence-corrected chi connectivity index (χ3v) is 3.86. The van der Waals surface area contributed by atoms with Gasteiger partial charge in [0.2, 0.25) is 0 Å². The highest BCUT2D eigenvalue weighted by molar-refractivity contribution is 7.15. The minimum absolute atomic E-state index is 0.437. The van der Waals surface area contributed by atoms with E-state index in [2.05, 4.69) is 48.6 Å². The zero-order valence-corrected chi connectivity index (χ0v) is 9.84. The molecule has 2 rings (SSSR count). The summed E-state index contributed by atoms with van der Waals surface area (Å²) < 4.78 is 0. The molecule has 2 aromatic rings. The third-order valence-electron chi connectivity index (χ3n) is 2.54. The van der Waals surface area contributed by atoms with Crippen molar-refractivity contribution in [1.29, 1.82) is 0 Å². The normalized spacial score (nSPS) is 12.7. The van der Waals surface area contributed by atoms with Crippen LogP contribution in [0.2, 0.25) is 0 Å². The van der Waals surface area contributed by atoms with Gasteiger partial charge in [-0.2, -0.15) is 0 Å².